The maximum atomic E-state index is 13.9. The van der Waals surface area contributed by atoms with E-state index < -0.39 is 38.1 Å². The third kappa shape index (κ3) is 6.85. The van der Waals surface area contributed by atoms with Crippen molar-refractivity contribution in [2.45, 2.75) is 44.3 Å². The van der Waals surface area contributed by atoms with Crippen LogP contribution in [0.15, 0.2) is 65.6 Å². The van der Waals surface area contributed by atoms with Crippen LogP contribution in [0.2, 0.25) is 5.02 Å². The Hall–Kier alpha value is -3.68. The minimum Gasteiger partial charge on any atom is -0.497 e. The SMILES string of the molecule is COc1ccc2c(OCCn3nc(-c4ccc([C@@H](NS(=O)(=O)C(C)(C)C)C(F)(F)F)c(Cl)c4)ccc3=O)ccnc2c1. The third-order valence-electron chi connectivity index (χ3n) is 6.35. The van der Waals surface area contributed by atoms with E-state index in [2.05, 4.69) is 10.1 Å². The molecule has 0 amide bonds. The monoisotopic (exact) mass is 624 g/mol. The first-order valence-electron chi connectivity index (χ1n) is 12.6. The summed E-state index contributed by atoms with van der Waals surface area (Å²) in [5.74, 6) is 1.20. The number of benzene rings is 2. The van der Waals surface area contributed by atoms with E-state index in [9.17, 15) is 26.4 Å². The average Bonchev–Trinajstić information content (AvgIpc) is 2.91. The van der Waals surface area contributed by atoms with Gasteiger partial charge in [-0.25, -0.2) is 13.1 Å². The highest BCUT2D eigenvalue weighted by Gasteiger charge is 2.46. The standard InChI is InChI=1S/C28H28ClF3N4O5S/c1-27(2,3)42(38,39)35-26(28(30,31)32)19-7-5-17(15-21(19)29)22-9-10-25(37)36(34-22)13-14-41-24-11-12-33-23-16-18(40-4)6-8-20(23)24/h5-12,15-16,26,35H,13-14H2,1-4H3/t26-/m1/s1. The van der Waals surface area contributed by atoms with E-state index in [0.29, 0.717) is 22.6 Å². The topological polar surface area (TPSA) is 112 Å². The van der Waals surface area contributed by atoms with Gasteiger partial charge in [0.25, 0.3) is 5.56 Å². The maximum Gasteiger partial charge on any atom is 0.408 e. The van der Waals surface area contributed by atoms with Crippen LogP contribution in [0.1, 0.15) is 32.4 Å². The second-order valence-electron chi connectivity index (χ2n) is 10.3. The molecule has 2 aromatic carbocycles. The van der Waals surface area contributed by atoms with Gasteiger partial charge in [0.2, 0.25) is 10.0 Å². The van der Waals surface area contributed by atoms with Crippen molar-refractivity contribution in [3.8, 4) is 22.8 Å². The van der Waals surface area contributed by atoms with E-state index in [4.69, 9.17) is 21.1 Å². The number of nitrogens with one attached hydrogen (secondary N) is 1. The summed E-state index contributed by atoms with van der Waals surface area (Å²) in [5, 5.41) is 4.75. The van der Waals surface area contributed by atoms with Gasteiger partial charge in [-0.2, -0.15) is 23.0 Å². The van der Waals surface area contributed by atoms with E-state index in [1.54, 1.807) is 36.2 Å². The van der Waals surface area contributed by atoms with E-state index in [1.165, 1.54) is 49.7 Å². The Balaban J connectivity index is 1.55. The molecule has 1 atom stereocenters. The fourth-order valence-electron chi connectivity index (χ4n) is 3.92. The van der Waals surface area contributed by atoms with Crippen LogP contribution in [0.3, 0.4) is 0 Å². The normalized spacial score (nSPS) is 13.2. The molecule has 4 aromatic rings. The number of halogens is 4. The predicted octanol–water partition coefficient (Wildman–Crippen LogP) is 5.52. The van der Waals surface area contributed by atoms with Crippen LogP contribution in [-0.4, -0.2) is 47.8 Å². The number of alkyl halides is 3. The molecule has 0 saturated carbocycles. The molecule has 0 bridgehead atoms. The van der Waals surface area contributed by atoms with E-state index in [-0.39, 0.29) is 23.9 Å². The number of ether oxygens (including phenoxy) is 2. The van der Waals surface area contributed by atoms with Gasteiger partial charge in [0.15, 0.2) is 0 Å². The smallest absolute Gasteiger partial charge is 0.408 e. The Kier molecular flexibility index (Phi) is 8.86. The molecule has 0 saturated heterocycles. The van der Waals surface area contributed by atoms with Gasteiger partial charge in [-0.05, 0) is 56.7 Å². The van der Waals surface area contributed by atoms with Crippen LogP contribution in [-0.2, 0) is 16.6 Å². The van der Waals surface area contributed by atoms with Crippen LogP contribution in [0, 0.1) is 0 Å². The zero-order valence-corrected chi connectivity index (χ0v) is 24.6. The number of pyridine rings is 1. The van der Waals surface area contributed by atoms with Gasteiger partial charge in [-0.3, -0.25) is 9.78 Å². The van der Waals surface area contributed by atoms with Gasteiger partial charge in [0, 0.05) is 34.3 Å². The minimum absolute atomic E-state index is 0.0726. The second-order valence-corrected chi connectivity index (χ2v) is 13.1. The van der Waals surface area contributed by atoms with Gasteiger partial charge in [0.05, 0.1) is 29.6 Å². The number of hydrogen-bond donors (Lipinski definition) is 1. The van der Waals surface area contributed by atoms with Crippen molar-refractivity contribution in [1.82, 2.24) is 19.5 Å². The first-order chi connectivity index (χ1) is 19.6. The minimum atomic E-state index is -4.96. The molecule has 4 rings (SSSR count). The van der Waals surface area contributed by atoms with Crippen LogP contribution in [0.25, 0.3) is 22.2 Å². The van der Waals surface area contributed by atoms with E-state index in [0.717, 1.165) is 11.5 Å². The number of fused-ring (bicyclic) bond motifs is 1. The zero-order chi connectivity index (χ0) is 30.9. The average molecular weight is 625 g/mol. The molecule has 2 heterocycles. The van der Waals surface area contributed by atoms with Crippen molar-refractivity contribution in [2.75, 3.05) is 13.7 Å². The third-order valence-corrected chi connectivity index (χ3v) is 8.84. The molecular formula is C28H28ClF3N4O5S. The predicted molar refractivity (Wildman–Crippen MR) is 153 cm³/mol. The molecule has 1 N–H and O–H groups in total. The molecule has 2 aromatic heterocycles. The highest BCUT2D eigenvalue weighted by molar-refractivity contribution is 7.90. The van der Waals surface area contributed by atoms with Crippen molar-refractivity contribution in [1.29, 1.82) is 0 Å². The van der Waals surface area contributed by atoms with Crippen molar-refractivity contribution >= 4 is 32.5 Å². The van der Waals surface area contributed by atoms with Crippen molar-refractivity contribution in [3.05, 3.63) is 81.7 Å². The molecule has 42 heavy (non-hydrogen) atoms. The van der Waals surface area contributed by atoms with Gasteiger partial charge in [-0.1, -0.05) is 23.7 Å². The molecular weight excluding hydrogens is 597 g/mol. The molecule has 14 heteroatoms. The Bertz CT molecular complexity index is 1770. The molecule has 0 spiro atoms. The van der Waals surface area contributed by atoms with E-state index >= 15 is 0 Å². The van der Waals surface area contributed by atoms with E-state index in [1.807, 2.05) is 6.07 Å². The van der Waals surface area contributed by atoms with Gasteiger partial charge in [-0.15, -0.1) is 0 Å². The van der Waals surface area contributed by atoms with Crippen LogP contribution in [0.4, 0.5) is 13.2 Å². The number of hydrogen-bond acceptors (Lipinski definition) is 7. The fourth-order valence-corrected chi connectivity index (χ4v) is 5.13. The lowest BCUT2D eigenvalue weighted by molar-refractivity contribution is -0.153. The largest absolute Gasteiger partial charge is 0.497 e. The number of methoxy groups -OCH3 is 1. The summed E-state index contributed by atoms with van der Waals surface area (Å²) in [6.45, 7) is 4.02. The summed E-state index contributed by atoms with van der Waals surface area (Å²) >= 11 is 6.25. The van der Waals surface area contributed by atoms with Crippen molar-refractivity contribution in [2.24, 2.45) is 0 Å². The number of sulfonamides is 1. The Morgan fingerprint density at radius 2 is 1.79 bits per heavy atom. The highest BCUT2D eigenvalue weighted by atomic mass is 35.5. The quantitative estimate of drug-likeness (QED) is 0.261. The molecule has 0 aliphatic heterocycles. The molecule has 0 aliphatic carbocycles. The lowest BCUT2D eigenvalue weighted by atomic mass is 10.0. The number of nitrogens with zero attached hydrogens (tertiary/aromatic N) is 3. The summed E-state index contributed by atoms with van der Waals surface area (Å²) in [6, 6.07) is 10.8. The van der Waals surface area contributed by atoms with Crippen molar-refractivity contribution in [3.63, 3.8) is 0 Å². The number of aromatic nitrogens is 3. The van der Waals surface area contributed by atoms with Gasteiger partial charge < -0.3 is 9.47 Å². The second kappa shape index (κ2) is 11.9. The first-order valence-corrected chi connectivity index (χ1v) is 14.5. The summed E-state index contributed by atoms with van der Waals surface area (Å²) in [7, 11) is -2.81. The van der Waals surface area contributed by atoms with Crippen molar-refractivity contribution < 1.29 is 31.1 Å². The fraction of sp³-hybridized carbons (Fsp3) is 0.321. The Labute approximate surface area is 245 Å². The molecule has 0 fully saturated rings. The van der Waals surface area contributed by atoms with Crippen LogP contribution < -0.4 is 19.8 Å². The van der Waals surface area contributed by atoms with Crippen LogP contribution in [0.5, 0.6) is 11.5 Å². The summed E-state index contributed by atoms with van der Waals surface area (Å²) in [6.07, 6.45) is -3.37. The molecule has 0 aliphatic rings. The maximum absolute atomic E-state index is 13.9. The molecule has 0 radical (unpaired) electrons. The van der Waals surface area contributed by atoms with Gasteiger partial charge in [0.1, 0.15) is 24.1 Å². The molecule has 0 unspecified atom stereocenters. The first kappa shape index (κ1) is 31.3. The summed E-state index contributed by atoms with van der Waals surface area (Å²) in [5.41, 5.74) is 0.381. The molecule has 224 valence electrons. The Morgan fingerprint density at radius 1 is 1.05 bits per heavy atom. The van der Waals surface area contributed by atoms with Gasteiger partial charge >= 0.3 is 6.18 Å². The summed E-state index contributed by atoms with van der Waals surface area (Å²) < 4.78 is 79.3. The van der Waals surface area contributed by atoms with Crippen LogP contribution >= 0.6 is 11.6 Å². The number of rotatable bonds is 9. The molecule has 9 nitrogen and oxygen atoms in total. The summed E-state index contributed by atoms with van der Waals surface area (Å²) in [4.78, 5) is 16.8. The lowest BCUT2D eigenvalue weighted by Gasteiger charge is -2.27. The lowest BCUT2D eigenvalue weighted by Crippen LogP contribution is -2.45. The highest BCUT2D eigenvalue weighted by Crippen LogP contribution is 2.39. The zero-order valence-electron chi connectivity index (χ0n) is 23.1. The Morgan fingerprint density at radius 3 is 2.43 bits per heavy atom.